The quantitative estimate of drug-likeness (QED) is 0.0528. The number of rotatable bonds is 15. The molecule has 2 aliphatic rings. The molecule has 43 heavy (non-hydrogen) atoms. The Bertz CT molecular complexity index is 1430. The molecule has 2 aliphatic heterocycles. The van der Waals surface area contributed by atoms with Crippen molar-refractivity contribution in [3.63, 3.8) is 0 Å². The minimum Gasteiger partial charge on any atom is -0.481 e. The van der Waals surface area contributed by atoms with Crippen LogP contribution in [-0.4, -0.2) is 45.5 Å². The third-order valence-corrected chi connectivity index (χ3v) is 9.56. The summed E-state index contributed by atoms with van der Waals surface area (Å²) >= 11 is 1.10. The van der Waals surface area contributed by atoms with E-state index in [0.29, 0.717) is 12.2 Å². The number of carboxylic acids is 1. The molecule has 0 amide bonds. The molecule has 2 heterocycles. The molecular weight excluding hydrogens is 560 g/mol. The van der Waals surface area contributed by atoms with Gasteiger partial charge in [0.25, 0.3) is 0 Å². The van der Waals surface area contributed by atoms with Gasteiger partial charge in [-0.05, 0) is 78.0 Å². The molecule has 0 aromatic heterocycles. The lowest BCUT2D eigenvalue weighted by Gasteiger charge is -2.30. The SMILES string of the molecule is CCN1/C(=C/C=C/C=C/C2=[N+](CC)c3ccccc3C2(C)CCCSOOO)C(C)(CCCC(=O)O)c2cc(C)ccc21. The summed E-state index contributed by atoms with van der Waals surface area (Å²) in [4.78, 5) is 13.7. The Morgan fingerprint density at radius 1 is 1.02 bits per heavy atom. The summed E-state index contributed by atoms with van der Waals surface area (Å²) in [7, 11) is 0. The molecule has 2 N–H and O–H groups in total. The number of aryl methyl sites for hydroxylation is 1. The highest BCUT2D eigenvalue weighted by molar-refractivity contribution is 7.94. The van der Waals surface area contributed by atoms with Crippen LogP contribution in [0.2, 0.25) is 0 Å². The maximum absolute atomic E-state index is 11.3. The van der Waals surface area contributed by atoms with E-state index >= 15 is 0 Å². The Hall–Kier alpha value is -3.17. The van der Waals surface area contributed by atoms with Crippen LogP contribution in [0.4, 0.5) is 11.4 Å². The summed E-state index contributed by atoms with van der Waals surface area (Å²) in [5, 5.41) is 21.5. The minimum absolute atomic E-state index is 0.164. The second-order valence-corrected chi connectivity index (χ2v) is 12.5. The average molecular weight is 606 g/mol. The highest BCUT2D eigenvalue weighted by Gasteiger charge is 2.46. The third kappa shape index (κ3) is 6.83. The Balaban J connectivity index is 1.62. The lowest BCUT2D eigenvalue weighted by atomic mass is 9.76. The predicted octanol–water partition coefficient (Wildman–Crippen LogP) is 8.27. The minimum atomic E-state index is -0.750. The number of benzene rings is 2. The number of carboxylic acid groups (broad SMARTS) is 1. The van der Waals surface area contributed by atoms with Gasteiger partial charge in [-0.15, -0.1) is 4.33 Å². The molecule has 0 spiro atoms. The van der Waals surface area contributed by atoms with Crippen LogP contribution in [0.15, 0.2) is 78.5 Å². The van der Waals surface area contributed by atoms with Gasteiger partial charge in [0.15, 0.2) is 5.71 Å². The van der Waals surface area contributed by atoms with Crippen molar-refractivity contribution in [3.05, 3.63) is 95.2 Å². The lowest BCUT2D eigenvalue weighted by Crippen LogP contribution is -2.31. The van der Waals surface area contributed by atoms with E-state index in [9.17, 15) is 9.90 Å². The van der Waals surface area contributed by atoms with Crippen molar-refractivity contribution in [2.75, 3.05) is 23.7 Å². The van der Waals surface area contributed by atoms with Crippen LogP contribution in [0.3, 0.4) is 0 Å². The van der Waals surface area contributed by atoms with Gasteiger partial charge < -0.3 is 10.0 Å². The van der Waals surface area contributed by atoms with Gasteiger partial charge in [-0.25, -0.2) is 5.26 Å². The first-order chi connectivity index (χ1) is 20.7. The van der Waals surface area contributed by atoms with Crippen molar-refractivity contribution in [2.24, 2.45) is 0 Å². The number of anilines is 1. The fourth-order valence-electron chi connectivity index (χ4n) is 6.88. The summed E-state index contributed by atoms with van der Waals surface area (Å²) in [6.45, 7) is 12.7. The first-order valence-corrected chi connectivity index (χ1v) is 16.1. The number of likely N-dealkylation sites (N-methyl/N-ethyl adjacent to an activating group) is 1. The van der Waals surface area contributed by atoms with E-state index in [1.807, 2.05) is 0 Å². The van der Waals surface area contributed by atoms with Crippen LogP contribution < -0.4 is 4.90 Å². The molecule has 7 nitrogen and oxygen atoms in total. The number of allylic oxidation sites excluding steroid dienone is 6. The molecule has 2 aromatic rings. The number of para-hydroxylation sites is 1. The Morgan fingerprint density at radius 2 is 1.79 bits per heavy atom. The number of nitrogens with zero attached hydrogens (tertiary/aromatic N) is 2. The molecule has 0 radical (unpaired) electrons. The van der Waals surface area contributed by atoms with E-state index < -0.39 is 5.97 Å². The maximum Gasteiger partial charge on any atom is 0.303 e. The molecule has 2 aromatic carbocycles. The van der Waals surface area contributed by atoms with Gasteiger partial charge >= 0.3 is 5.97 Å². The molecule has 0 saturated heterocycles. The number of fused-ring (bicyclic) bond motifs is 2. The largest absolute Gasteiger partial charge is 0.481 e. The topological polar surface area (TPSA) is 82.2 Å². The molecule has 0 bridgehead atoms. The summed E-state index contributed by atoms with van der Waals surface area (Å²) in [6, 6.07) is 15.2. The van der Waals surface area contributed by atoms with Crippen molar-refractivity contribution in [1.29, 1.82) is 0 Å². The van der Waals surface area contributed by atoms with E-state index in [4.69, 9.17) is 5.26 Å². The monoisotopic (exact) mass is 605 g/mol. The molecule has 4 rings (SSSR count). The van der Waals surface area contributed by atoms with E-state index in [1.54, 1.807) is 0 Å². The molecule has 230 valence electrons. The van der Waals surface area contributed by atoms with Gasteiger partial charge in [0.05, 0.1) is 5.41 Å². The van der Waals surface area contributed by atoms with Gasteiger partial charge in [-0.2, -0.15) is 4.58 Å². The van der Waals surface area contributed by atoms with Crippen molar-refractivity contribution >= 4 is 35.1 Å². The summed E-state index contributed by atoms with van der Waals surface area (Å²) in [5.74, 6) is -0.0457. The highest BCUT2D eigenvalue weighted by Crippen LogP contribution is 2.51. The molecule has 8 heteroatoms. The van der Waals surface area contributed by atoms with Crippen molar-refractivity contribution in [2.45, 2.75) is 77.6 Å². The standard InChI is InChI=1S/C35H44N2O5S/c1-6-36-29-16-12-11-15-27(29)34(4,23-14-24-43-42-41-40)31(36)17-9-8-10-18-32-35(5,22-13-19-33(38)39)28-25-26(3)20-21-30(28)37(32)7-2/h8-12,15-18,20-21,25H,6-7,13-14,19,22-24H2,1-5H3,(H-,38,39,40)/p+1. The zero-order chi connectivity index (χ0) is 31.0. The molecule has 0 aliphatic carbocycles. The van der Waals surface area contributed by atoms with Gasteiger partial charge in [0.2, 0.25) is 5.69 Å². The van der Waals surface area contributed by atoms with Gasteiger partial charge in [-0.1, -0.05) is 59.2 Å². The molecule has 0 fully saturated rings. The van der Waals surface area contributed by atoms with Crippen molar-refractivity contribution in [3.8, 4) is 0 Å². The van der Waals surface area contributed by atoms with E-state index in [-0.39, 0.29) is 17.3 Å². The zero-order valence-corrected chi connectivity index (χ0v) is 26.8. The first kappa shape index (κ1) is 32.7. The van der Waals surface area contributed by atoms with E-state index in [1.165, 1.54) is 39.5 Å². The van der Waals surface area contributed by atoms with E-state index in [2.05, 4.69) is 126 Å². The smallest absolute Gasteiger partial charge is 0.303 e. The Kier molecular flexibility index (Phi) is 11.1. The summed E-state index contributed by atoms with van der Waals surface area (Å²) in [6.07, 6.45) is 14.2. The van der Waals surface area contributed by atoms with Crippen LogP contribution in [0.1, 0.15) is 76.5 Å². The second kappa shape index (κ2) is 14.5. The Morgan fingerprint density at radius 3 is 2.51 bits per heavy atom. The zero-order valence-electron chi connectivity index (χ0n) is 26.0. The van der Waals surface area contributed by atoms with Crippen molar-refractivity contribution in [1.82, 2.24) is 0 Å². The lowest BCUT2D eigenvalue weighted by molar-refractivity contribution is -0.433. The second-order valence-electron chi connectivity index (χ2n) is 11.7. The fraction of sp³-hybridized carbons (Fsp3) is 0.429. The van der Waals surface area contributed by atoms with Gasteiger partial charge in [-0.3, -0.25) is 4.79 Å². The highest BCUT2D eigenvalue weighted by atomic mass is 32.2. The number of hydrogen-bond acceptors (Lipinski definition) is 6. The molecule has 0 saturated carbocycles. The third-order valence-electron chi connectivity index (χ3n) is 8.95. The number of aliphatic carboxylic acids is 1. The molecular formula is C35H45N2O5S+. The van der Waals surface area contributed by atoms with Gasteiger partial charge in [0, 0.05) is 65.3 Å². The number of hydrogen-bond donors (Lipinski definition) is 2. The summed E-state index contributed by atoms with van der Waals surface area (Å²) in [5.41, 5.74) is 8.31. The van der Waals surface area contributed by atoms with Crippen LogP contribution in [0.25, 0.3) is 0 Å². The van der Waals surface area contributed by atoms with Crippen LogP contribution in [0.5, 0.6) is 0 Å². The maximum atomic E-state index is 11.3. The normalized spacial score (nSPS) is 22.4. The van der Waals surface area contributed by atoms with Crippen molar-refractivity contribution < 1.29 is 29.1 Å². The van der Waals surface area contributed by atoms with Crippen LogP contribution in [-0.2, 0) is 25.0 Å². The number of carbonyl (C=O) groups is 1. The Labute approximate surface area is 260 Å². The average Bonchev–Trinajstić information content (AvgIpc) is 3.37. The van der Waals surface area contributed by atoms with Crippen LogP contribution >= 0.6 is 12.0 Å². The van der Waals surface area contributed by atoms with Crippen LogP contribution in [0, 0.1) is 6.92 Å². The fourth-order valence-corrected chi connectivity index (χ4v) is 7.25. The van der Waals surface area contributed by atoms with E-state index in [0.717, 1.165) is 44.4 Å². The predicted molar refractivity (Wildman–Crippen MR) is 175 cm³/mol. The molecule has 2 unspecified atom stereocenters. The molecule has 2 atom stereocenters. The first-order valence-electron chi connectivity index (χ1n) is 15.2. The van der Waals surface area contributed by atoms with Gasteiger partial charge in [0.1, 0.15) is 6.54 Å². The summed E-state index contributed by atoms with van der Waals surface area (Å²) < 4.78 is 6.99.